The Balaban J connectivity index is 2.43. The van der Waals surface area contributed by atoms with Gasteiger partial charge in [-0.05, 0) is 19.4 Å². The summed E-state index contributed by atoms with van der Waals surface area (Å²) in [7, 11) is 1.91. The zero-order valence-corrected chi connectivity index (χ0v) is 6.16. The summed E-state index contributed by atoms with van der Waals surface area (Å²) in [5, 5.41) is 8.75. The molecular weight excluding hydrogens is 130 g/mol. The molecule has 0 aromatic carbocycles. The molecule has 10 heavy (non-hydrogen) atoms. The van der Waals surface area contributed by atoms with Crippen molar-refractivity contribution in [3.63, 3.8) is 0 Å². The van der Waals surface area contributed by atoms with Gasteiger partial charge >= 0.3 is 0 Å². The molecule has 1 fully saturated rings. The van der Waals surface area contributed by atoms with Crippen LogP contribution in [0, 0.1) is 5.92 Å². The van der Waals surface area contributed by atoms with Gasteiger partial charge in [0, 0.05) is 13.2 Å². The minimum Gasteiger partial charge on any atom is -0.396 e. The number of hydrogen-bond donors (Lipinski definition) is 1. The van der Waals surface area contributed by atoms with Gasteiger partial charge in [-0.25, -0.2) is 0 Å². The van der Waals surface area contributed by atoms with Crippen LogP contribution in [0.2, 0.25) is 0 Å². The maximum atomic E-state index is 10.4. The van der Waals surface area contributed by atoms with Crippen LogP contribution in [0.4, 0.5) is 0 Å². The SMILES string of the molecule is CN1CC(CO)CC1C=O. The van der Waals surface area contributed by atoms with Gasteiger partial charge in [0.2, 0.25) is 0 Å². The summed E-state index contributed by atoms with van der Waals surface area (Å²) in [6.07, 6.45) is 1.77. The molecule has 1 heterocycles. The maximum absolute atomic E-state index is 10.4. The highest BCUT2D eigenvalue weighted by molar-refractivity contribution is 5.58. The van der Waals surface area contributed by atoms with Crippen LogP contribution in [0.3, 0.4) is 0 Å². The third-order valence-electron chi connectivity index (χ3n) is 2.10. The second-order valence-electron chi connectivity index (χ2n) is 2.93. The highest BCUT2D eigenvalue weighted by Crippen LogP contribution is 2.18. The summed E-state index contributed by atoms with van der Waals surface area (Å²) in [6.45, 7) is 1.05. The van der Waals surface area contributed by atoms with E-state index in [1.807, 2.05) is 11.9 Å². The topological polar surface area (TPSA) is 40.5 Å². The minimum atomic E-state index is 0.0390. The monoisotopic (exact) mass is 143 g/mol. The molecule has 58 valence electrons. The maximum Gasteiger partial charge on any atom is 0.137 e. The summed E-state index contributed by atoms with van der Waals surface area (Å²) in [6, 6.07) is 0.0390. The first-order chi connectivity index (χ1) is 4.77. The van der Waals surface area contributed by atoms with Crippen molar-refractivity contribution in [2.75, 3.05) is 20.2 Å². The van der Waals surface area contributed by atoms with E-state index in [0.717, 1.165) is 19.3 Å². The fraction of sp³-hybridized carbons (Fsp3) is 0.857. The number of likely N-dealkylation sites (N-methyl/N-ethyl adjacent to an activating group) is 1. The Morgan fingerprint density at radius 1 is 1.80 bits per heavy atom. The van der Waals surface area contributed by atoms with Crippen LogP contribution in [0.25, 0.3) is 0 Å². The zero-order chi connectivity index (χ0) is 7.56. The number of aliphatic hydroxyl groups excluding tert-OH is 1. The molecule has 0 spiro atoms. The third kappa shape index (κ3) is 1.36. The first kappa shape index (κ1) is 7.69. The second-order valence-corrected chi connectivity index (χ2v) is 2.93. The average Bonchev–Trinajstić information content (AvgIpc) is 2.30. The van der Waals surface area contributed by atoms with E-state index in [2.05, 4.69) is 0 Å². The Labute approximate surface area is 60.6 Å². The molecule has 0 saturated carbocycles. The molecule has 1 saturated heterocycles. The molecule has 0 aromatic heterocycles. The molecular formula is C7H13NO2. The van der Waals surface area contributed by atoms with Crippen molar-refractivity contribution in [3.8, 4) is 0 Å². The van der Waals surface area contributed by atoms with Crippen LogP contribution in [0.1, 0.15) is 6.42 Å². The van der Waals surface area contributed by atoms with E-state index in [1.165, 1.54) is 0 Å². The van der Waals surface area contributed by atoms with Gasteiger partial charge in [-0.15, -0.1) is 0 Å². The van der Waals surface area contributed by atoms with E-state index in [9.17, 15) is 4.79 Å². The van der Waals surface area contributed by atoms with Crippen LogP contribution in [-0.4, -0.2) is 42.5 Å². The molecule has 0 aromatic rings. The van der Waals surface area contributed by atoms with Crippen LogP contribution in [0.15, 0.2) is 0 Å². The van der Waals surface area contributed by atoms with Crippen LogP contribution >= 0.6 is 0 Å². The van der Waals surface area contributed by atoms with E-state index in [0.29, 0.717) is 5.92 Å². The van der Waals surface area contributed by atoms with Crippen molar-refractivity contribution in [1.29, 1.82) is 0 Å². The molecule has 3 heteroatoms. The smallest absolute Gasteiger partial charge is 0.137 e. The summed E-state index contributed by atoms with van der Waals surface area (Å²) in [5.41, 5.74) is 0. The summed E-state index contributed by atoms with van der Waals surface area (Å²) in [5.74, 6) is 0.306. The van der Waals surface area contributed by atoms with Gasteiger partial charge in [0.25, 0.3) is 0 Å². The van der Waals surface area contributed by atoms with E-state index in [4.69, 9.17) is 5.11 Å². The first-order valence-electron chi connectivity index (χ1n) is 3.54. The standard InChI is InChI=1S/C7H13NO2/c1-8-3-6(4-9)2-7(8)5-10/h5-7,9H,2-4H2,1H3. The lowest BCUT2D eigenvalue weighted by Gasteiger charge is -2.11. The molecule has 0 aliphatic carbocycles. The number of carbonyl (C=O) groups excluding carboxylic acids is 1. The first-order valence-corrected chi connectivity index (χ1v) is 3.54. The molecule has 1 N–H and O–H groups in total. The van der Waals surface area contributed by atoms with E-state index in [-0.39, 0.29) is 12.6 Å². The van der Waals surface area contributed by atoms with Crippen molar-refractivity contribution in [2.45, 2.75) is 12.5 Å². The molecule has 1 aliphatic heterocycles. The molecule has 1 rings (SSSR count). The molecule has 0 amide bonds. The number of aliphatic hydroxyl groups is 1. The van der Waals surface area contributed by atoms with E-state index in [1.54, 1.807) is 0 Å². The number of carbonyl (C=O) groups is 1. The van der Waals surface area contributed by atoms with Gasteiger partial charge in [-0.2, -0.15) is 0 Å². The van der Waals surface area contributed by atoms with Crippen molar-refractivity contribution in [3.05, 3.63) is 0 Å². The normalized spacial score (nSPS) is 34.6. The predicted octanol–water partition coefficient (Wildman–Crippen LogP) is -0.502. The number of likely N-dealkylation sites (tertiary alicyclic amines) is 1. The Bertz CT molecular complexity index is 127. The summed E-state index contributed by atoms with van der Waals surface area (Å²) < 4.78 is 0. The molecule has 2 atom stereocenters. The van der Waals surface area contributed by atoms with Gasteiger partial charge in [0.05, 0.1) is 6.04 Å². The molecule has 2 unspecified atom stereocenters. The molecule has 0 radical (unpaired) electrons. The third-order valence-corrected chi connectivity index (χ3v) is 2.10. The Hall–Kier alpha value is -0.410. The fourth-order valence-corrected chi connectivity index (χ4v) is 1.43. The van der Waals surface area contributed by atoms with Crippen molar-refractivity contribution < 1.29 is 9.90 Å². The Morgan fingerprint density at radius 2 is 2.50 bits per heavy atom. The predicted molar refractivity (Wildman–Crippen MR) is 37.7 cm³/mol. The zero-order valence-electron chi connectivity index (χ0n) is 6.16. The van der Waals surface area contributed by atoms with Crippen LogP contribution in [0.5, 0.6) is 0 Å². The van der Waals surface area contributed by atoms with E-state index >= 15 is 0 Å². The quantitative estimate of drug-likeness (QED) is 0.530. The molecule has 0 bridgehead atoms. The van der Waals surface area contributed by atoms with Crippen LogP contribution < -0.4 is 0 Å². The number of hydrogen-bond acceptors (Lipinski definition) is 3. The molecule has 1 aliphatic rings. The Kier molecular flexibility index (Phi) is 2.40. The Morgan fingerprint density at radius 3 is 2.80 bits per heavy atom. The van der Waals surface area contributed by atoms with Crippen molar-refractivity contribution in [2.24, 2.45) is 5.92 Å². The van der Waals surface area contributed by atoms with Crippen LogP contribution in [-0.2, 0) is 4.79 Å². The van der Waals surface area contributed by atoms with E-state index < -0.39 is 0 Å². The highest BCUT2D eigenvalue weighted by atomic mass is 16.3. The summed E-state index contributed by atoms with van der Waals surface area (Å²) in [4.78, 5) is 12.3. The van der Waals surface area contributed by atoms with Gasteiger partial charge in [-0.3, -0.25) is 4.90 Å². The van der Waals surface area contributed by atoms with Gasteiger partial charge in [0.15, 0.2) is 0 Å². The minimum absolute atomic E-state index is 0.0390. The largest absolute Gasteiger partial charge is 0.396 e. The fourth-order valence-electron chi connectivity index (χ4n) is 1.43. The second kappa shape index (κ2) is 3.12. The number of nitrogens with zero attached hydrogens (tertiary/aromatic N) is 1. The van der Waals surface area contributed by atoms with Crippen molar-refractivity contribution >= 4 is 6.29 Å². The lowest BCUT2D eigenvalue weighted by Crippen LogP contribution is -2.25. The van der Waals surface area contributed by atoms with Gasteiger partial charge in [-0.1, -0.05) is 0 Å². The molecule has 3 nitrogen and oxygen atoms in total. The lowest BCUT2D eigenvalue weighted by atomic mass is 10.1. The van der Waals surface area contributed by atoms with Gasteiger partial charge < -0.3 is 9.90 Å². The van der Waals surface area contributed by atoms with Gasteiger partial charge in [0.1, 0.15) is 6.29 Å². The lowest BCUT2D eigenvalue weighted by molar-refractivity contribution is -0.111. The van der Waals surface area contributed by atoms with Crippen molar-refractivity contribution in [1.82, 2.24) is 4.90 Å². The highest BCUT2D eigenvalue weighted by Gasteiger charge is 2.27. The number of aldehydes is 1. The number of rotatable bonds is 2. The summed E-state index contributed by atoms with van der Waals surface area (Å²) >= 11 is 0. The average molecular weight is 143 g/mol.